The van der Waals surface area contributed by atoms with Crippen LogP contribution in [0.25, 0.3) is 0 Å². The lowest BCUT2D eigenvalue weighted by atomic mass is 9.99. The highest BCUT2D eigenvalue weighted by atomic mass is 19.1. The number of benzene rings is 2. The number of aromatic nitrogens is 2. The van der Waals surface area contributed by atoms with E-state index in [-0.39, 0.29) is 30.2 Å². The summed E-state index contributed by atoms with van der Waals surface area (Å²) in [6, 6.07) is 13.1. The number of Topliss-reactive ketones (excluding diaryl/α,β-unsaturated/α-hetero) is 2. The van der Waals surface area contributed by atoms with Gasteiger partial charge in [0.2, 0.25) is 0 Å². The molecule has 0 aliphatic heterocycles. The summed E-state index contributed by atoms with van der Waals surface area (Å²) >= 11 is 0. The molecule has 0 fully saturated rings. The van der Waals surface area contributed by atoms with Crippen LogP contribution in [0.5, 0.6) is 0 Å². The van der Waals surface area contributed by atoms with Crippen molar-refractivity contribution in [2.75, 3.05) is 0 Å². The second-order valence-electron chi connectivity index (χ2n) is 5.96. The molecular formula is C20H17FN2O2. The SMILES string of the molecule is Cc1ccc(C(=O)Cc2cn[nH]c2C(=O)Cc2ccc(F)cc2)cc1. The molecule has 0 unspecified atom stereocenters. The smallest absolute Gasteiger partial charge is 0.185 e. The lowest BCUT2D eigenvalue weighted by Crippen LogP contribution is -2.10. The maximum Gasteiger partial charge on any atom is 0.185 e. The van der Waals surface area contributed by atoms with Crippen molar-refractivity contribution in [2.45, 2.75) is 19.8 Å². The molecule has 1 N–H and O–H groups in total. The first-order valence-electron chi connectivity index (χ1n) is 7.92. The van der Waals surface area contributed by atoms with Crippen LogP contribution in [0.1, 0.15) is 37.5 Å². The molecule has 3 aromatic rings. The monoisotopic (exact) mass is 336 g/mol. The number of halogens is 1. The molecule has 0 radical (unpaired) electrons. The van der Waals surface area contributed by atoms with Crippen LogP contribution in [0.2, 0.25) is 0 Å². The second kappa shape index (κ2) is 7.21. The zero-order chi connectivity index (χ0) is 17.8. The first-order valence-corrected chi connectivity index (χ1v) is 7.92. The topological polar surface area (TPSA) is 62.8 Å². The molecule has 25 heavy (non-hydrogen) atoms. The Labute approximate surface area is 144 Å². The fraction of sp³-hybridized carbons (Fsp3) is 0.150. The highest BCUT2D eigenvalue weighted by Gasteiger charge is 2.17. The lowest BCUT2D eigenvalue weighted by Gasteiger charge is -2.04. The summed E-state index contributed by atoms with van der Waals surface area (Å²) in [7, 11) is 0. The van der Waals surface area contributed by atoms with Gasteiger partial charge in [-0.05, 0) is 24.6 Å². The number of aromatic amines is 1. The largest absolute Gasteiger partial charge is 0.294 e. The third-order valence-corrected chi connectivity index (χ3v) is 4.00. The standard InChI is InChI=1S/C20H17FN2O2/c1-13-2-6-15(7-3-13)18(24)11-16-12-22-23-20(16)19(25)10-14-4-8-17(21)9-5-14/h2-9,12H,10-11H2,1H3,(H,22,23). The van der Waals surface area contributed by atoms with Crippen molar-refractivity contribution in [2.24, 2.45) is 0 Å². The minimum Gasteiger partial charge on any atom is -0.294 e. The average molecular weight is 336 g/mol. The highest BCUT2D eigenvalue weighted by molar-refractivity contribution is 6.01. The maximum atomic E-state index is 13.0. The van der Waals surface area contributed by atoms with E-state index < -0.39 is 0 Å². The number of carbonyl (C=O) groups is 2. The first kappa shape index (κ1) is 16.8. The van der Waals surface area contributed by atoms with Crippen LogP contribution in [0.15, 0.2) is 54.7 Å². The average Bonchev–Trinajstić information content (AvgIpc) is 3.05. The van der Waals surface area contributed by atoms with Crippen LogP contribution in [0, 0.1) is 12.7 Å². The van der Waals surface area contributed by atoms with Crippen molar-refractivity contribution in [3.8, 4) is 0 Å². The summed E-state index contributed by atoms with van der Waals surface area (Å²) in [5, 5.41) is 6.58. The summed E-state index contributed by atoms with van der Waals surface area (Å²) in [5.74, 6) is -0.602. The van der Waals surface area contributed by atoms with Crippen molar-refractivity contribution in [3.05, 3.63) is 88.5 Å². The highest BCUT2D eigenvalue weighted by Crippen LogP contribution is 2.14. The van der Waals surface area contributed by atoms with Gasteiger partial charge in [0.05, 0.1) is 6.20 Å². The second-order valence-corrected chi connectivity index (χ2v) is 5.96. The van der Waals surface area contributed by atoms with Gasteiger partial charge >= 0.3 is 0 Å². The molecule has 0 bridgehead atoms. The van der Waals surface area contributed by atoms with Gasteiger partial charge < -0.3 is 0 Å². The number of ketones is 2. The van der Waals surface area contributed by atoms with Gasteiger partial charge in [0.15, 0.2) is 11.6 Å². The summed E-state index contributed by atoms with van der Waals surface area (Å²) in [6.07, 6.45) is 1.72. The third-order valence-electron chi connectivity index (χ3n) is 4.00. The molecule has 2 aromatic carbocycles. The van der Waals surface area contributed by atoms with E-state index in [1.165, 1.54) is 18.3 Å². The molecule has 4 nitrogen and oxygen atoms in total. The summed E-state index contributed by atoms with van der Waals surface area (Å²) in [4.78, 5) is 24.9. The molecule has 0 saturated heterocycles. The van der Waals surface area contributed by atoms with Crippen molar-refractivity contribution in [3.63, 3.8) is 0 Å². The van der Waals surface area contributed by atoms with E-state index in [0.29, 0.717) is 22.4 Å². The van der Waals surface area contributed by atoms with Crippen molar-refractivity contribution < 1.29 is 14.0 Å². The van der Waals surface area contributed by atoms with Gasteiger partial charge in [-0.2, -0.15) is 5.10 Å². The fourth-order valence-corrected chi connectivity index (χ4v) is 2.58. The molecule has 126 valence electrons. The molecular weight excluding hydrogens is 319 g/mol. The Hall–Kier alpha value is -3.08. The van der Waals surface area contributed by atoms with Gasteiger partial charge in [-0.3, -0.25) is 14.7 Å². The Bertz CT molecular complexity index is 896. The number of hydrogen-bond donors (Lipinski definition) is 1. The van der Waals surface area contributed by atoms with E-state index in [0.717, 1.165) is 5.56 Å². The quantitative estimate of drug-likeness (QED) is 0.698. The van der Waals surface area contributed by atoms with E-state index in [4.69, 9.17) is 0 Å². The van der Waals surface area contributed by atoms with Gasteiger partial charge in [0, 0.05) is 24.0 Å². The number of aryl methyl sites for hydroxylation is 1. The van der Waals surface area contributed by atoms with E-state index in [1.807, 2.05) is 19.1 Å². The zero-order valence-corrected chi connectivity index (χ0v) is 13.8. The minimum absolute atomic E-state index is 0.0720. The van der Waals surface area contributed by atoms with Gasteiger partial charge in [-0.1, -0.05) is 42.0 Å². The summed E-state index contributed by atoms with van der Waals surface area (Å²) in [5.41, 5.74) is 3.28. The molecule has 1 aromatic heterocycles. The zero-order valence-electron chi connectivity index (χ0n) is 13.8. The molecule has 5 heteroatoms. The molecule has 0 atom stereocenters. The Balaban J connectivity index is 1.73. The van der Waals surface area contributed by atoms with Crippen LogP contribution in [0.3, 0.4) is 0 Å². The van der Waals surface area contributed by atoms with Crippen molar-refractivity contribution >= 4 is 11.6 Å². The Kier molecular flexibility index (Phi) is 4.84. The number of hydrogen-bond acceptors (Lipinski definition) is 3. The van der Waals surface area contributed by atoms with Gasteiger partial charge in [0.1, 0.15) is 11.5 Å². The van der Waals surface area contributed by atoms with Crippen molar-refractivity contribution in [1.29, 1.82) is 0 Å². The van der Waals surface area contributed by atoms with E-state index in [9.17, 15) is 14.0 Å². The van der Waals surface area contributed by atoms with E-state index in [1.54, 1.807) is 24.3 Å². The Morgan fingerprint density at radius 1 is 0.960 bits per heavy atom. The Morgan fingerprint density at radius 2 is 1.64 bits per heavy atom. The van der Waals surface area contributed by atoms with Crippen LogP contribution in [-0.2, 0) is 12.8 Å². The first-order chi connectivity index (χ1) is 12.0. The third kappa shape index (κ3) is 4.07. The summed E-state index contributed by atoms with van der Waals surface area (Å²) < 4.78 is 13.0. The number of nitrogens with zero attached hydrogens (tertiary/aromatic N) is 1. The number of nitrogens with one attached hydrogen (secondary N) is 1. The normalized spacial score (nSPS) is 10.6. The van der Waals surface area contributed by atoms with Crippen LogP contribution in [-0.4, -0.2) is 21.8 Å². The van der Waals surface area contributed by atoms with E-state index >= 15 is 0 Å². The number of rotatable bonds is 6. The van der Waals surface area contributed by atoms with Crippen LogP contribution < -0.4 is 0 Å². The number of carbonyl (C=O) groups excluding carboxylic acids is 2. The fourth-order valence-electron chi connectivity index (χ4n) is 2.58. The van der Waals surface area contributed by atoms with Gasteiger partial charge in [-0.15, -0.1) is 0 Å². The minimum atomic E-state index is -0.345. The molecule has 0 spiro atoms. The molecule has 1 heterocycles. The molecule has 0 amide bonds. The lowest BCUT2D eigenvalue weighted by molar-refractivity contribution is 0.0985. The van der Waals surface area contributed by atoms with Crippen LogP contribution >= 0.6 is 0 Å². The van der Waals surface area contributed by atoms with E-state index in [2.05, 4.69) is 10.2 Å². The molecule has 0 aliphatic rings. The maximum absolute atomic E-state index is 13.0. The van der Waals surface area contributed by atoms with Crippen LogP contribution in [0.4, 0.5) is 4.39 Å². The predicted molar refractivity (Wildman–Crippen MR) is 92.2 cm³/mol. The van der Waals surface area contributed by atoms with Gasteiger partial charge in [0.25, 0.3) is 0 Å². The van der Waals surface area contributed by atoms with Gasteiger partial charge in [-0.25, -0.2) is 4.39 Å². The molecule has 0 aliphatic carbocycles. The molecule has 3 rings (SSSR count). The van der Waals surface area contributed by atoms with Crippen molar-refractivity contribution in [1.82, 2.24) is 10.2 Å². The predicted octanol–water partition coefficient (Wildman–Crippen LogP) is 3.71. The molecule has 0 saturated carbocycles. The number of H-pyrrole nitrogens is 1. The Morgan fingerprint density at radius 3 is 2.32 bits per heavy atom. The summed E-state index contributed by atoms with van der Waals surface area (Å²) in [6.45, 7) is 1.95.